The lowest BCUT2D eigenvalue weighted by atomic mass is 10.2. The second-order valence-electron chi connectivity index (χ2n) is 6.02. The van der Waals surface area contributed by atoms with Crippen molar-refractivity contribution < 1.29 is 4.74 Å². The van der Waals surface area contributed by atoms with Gasteiger partial charge in [0.25, 0.3) is 0 Å². The summed E-state index contributed by atoms with van der Waals surface area (Å²) in [7, 11) is 0. The lowest BCUT2D eigenvalue weighted by Crippen LogP contribution is -2.25. The highest BCUT2D eigenvalue weighted by Crippen LogP contribution is 2.28. The molecule has 3 aromatic rings. The van der Waals surface area contributed by atoms with Gasteiger partial charge in [0.15, 0.2) is 0 Å². The number of pyridine rings is 1. The highest BCUT2D eigenvalue weighted by atomic mass is 35.5. The van der Waals surface area contributed by atoms with Gasteiger partial charge in [0.2, 0.25) is 5.88 Å². The van der Waals surface area contributed by atoms with Gasteiger partial charge in [-0.2, -0.15) is 0 Å². The van der Waals surface area contributed by atoms with Crippen molar-refractivity contribution in [3.8, 4) is 5.88 Å². The Bertz CT molecular complexity index is 883. The number of nitrogens with two attached hydrogens (primary N) is 1. The quantitative estimate of drug-likeness (QED) is 0.729. The summed E-state index contributed by atoms with van der Waals surface area (Å²) in [5.74, 6) is 0.651. The molecular weight excluding hydrogens is 322 g/mol. The van der Waals surface area contributed by atoms with Gasteiger partial charge in [-0.15, -0.1) is 0 Å². The third-order valence-electron chi connectivity index (χ3n) is 4.34. The van der Waals surface area contributed by atoms with E-state index < -0.39 is 0 Å². The zero-order valence-corrected chi connectivity index (χ0v) is 13.9. The SMILES string of the molecule is Nc1ccccc1N1CC[C@H](Oc2ccc3cc(Cl)ccc3n2)C1. The van der Waals surface area contributed by atoms with Gasteiger partial charge in [-0.1, -0.05) is 23.7 Å². The number of rotatable bonds is 3. The number of para-hydroxylation sites is 2. The van der Waals surface area contributed by atoms with Gasteiger partial charge in [-0.3, -0.25) is 0 Å². The first-order valence-corrected chi connectivity index (χ1v) is 8.39. The van der Waals surface area contributed by atoms with Crippen molar-refractivity contribution in [2.24, 2.45) is 0 Å². The number of nitrogen functional groups attached to an aromatic ring is 1. The first kappa shape index (κ1) is 15.1. The Morgan fingerprint density at radius 3 is 2.88 bits per heavy atom. The molecule has 0 aliphatic carbocycles. The molecule has 1 aliphatic heterocycles. The third-order valence-corrected chi connectivity index (χ3v) is 4.57. The Morgan fingerprint density at radius 2 is 2.00 bits per heavy atom. The van der Waals surface area contributed by atoms with E-state index in [-0.39, 0.29) is 6.10 Å². The maximum atomic E-state index is 6.08. The molecule has 4 nitrogen and oxygen atoms in total. The topological polar surface area (TPSA) is 51.4 Å². The number of aromatic nitrogens is 1. The summed E-state index contributed by atoms with van der Waals surface area (Å²) in [6.45, 7) is 1.75. The second-order valence-corrected chi connectivity index (χ2v) is 6.46. The molecule has 2 aromatic carbocycles. The monoisotopic (exact) mass is 339 g/mol. The minimum Gasteiger partial charge on any atom is -0.472 e. The number of halogens is 1. The molecule has 1 aromatic heterocycles. The van der Waals surface area contributed by atoms with E-state index in [9.17, 15) is 0 Å². The highest BCUT2D eigenvalue weighted by molar-refractivity contribution is 6.31. The van der Waals surface area contributed by atoms with Crippen molar-refractivity contribution in [3.05, 3.63) is 59.6 Å². The number of hydrogen-bond acceptors (Lipinski definition) is 4. The van der Waals surface area contributed by atoms with E-state index >= 15 is 0 Å². The smallest absolute Gasteiger partial charge is 0.214 e. The number of fused-ring (bicyclic) bond motifs is 1. The summed E-state index contributed by atoms with van der Waals surface area (Å²) in [5, 5.41) is 1.73. The van der Waals surface area contributed by atoms with Crippen LogP contribution in [0.15, 0.2) is 54.6 Å². The molecule has 24 heavy (non-hydrogen) atoms. The lowest BCUT2D eigenvalue weighted by Gasteiger charge is -2.20. The van der Waals surface area contributed by atoms with Crippen molar-refractivity contribution >= 4 is 33.9 Å². The van der Waals surface area contributed by atoms with Crippen molar-refractivity contribution in [1.29, 1.82) is 0 Å². The molecule has 2 N–H and O–H groups in total. The van der Waals surface area contributed by atoms with E-state index in [1.165, 1.54) is 0 Å². The van der Waals surface area contributed by atoms with Gasteiger partial charge in [-0.05, 0) is 36.4 Å². The van der Waals surface area contributed by atoms with Crippen LogP contribution in [0.25, 0.3) is 10.9 Å². The summed E-state index contributed by atoms with van der Waals surface area (Å²) in [4.78, 5) is 6.84. The van der Waals surface area contributed by atoms with E-state index in [1.807, 2.05) is 48.5 Å². The Hall–Kier alpha value is -2.46. The molecule has 5 heteroatoms. The normalized spacial score (nSPS) is 17.4. The van der Waals surface area contributed by atoms with E-state index in [2.05, 4.69) is 16.0 Å². The van der Waals surface area contributed by atoms with Gasteiger partial charge in [-0.25, -0.2) is 4.98 Å². The van der Waals surface area contributed by atoms with Gasteiger partial charge in [0.1, 0.15) is 6.10 Å². The van der Waals surface area contributed by atoms with Crippen molar-refractivity contribution in [2.75, 3.05) is 23.7 Å². The Morgan fingerprint density at radius 1 is 1.12 bits per heavy atom. The molecule has 0 spiro atoms. The van der Waals surface area contributed by atoms with E-state index in [0.29, 0.717) is 10.9 Å². The van der Waals surface area contributed by atoms with Gasteiger partial charge < -0.3 is 15.4 Å². The minimum atomic E-state index is 0.113. The number of ether oxygens (including phenoxy) is 1. The molecule has 1 saturated heterocycles. The van der Waals surface area contributed by atoms with Crippen molar-refractivity contribution in [2.45, 2.75) is 12.5 Å². The third kappa shape index (κ3) is 2.97. The summed E-state index contributed by atoms with van der Waals surface area (Å²) < 4.78 is 6.08. The maximum Gasteiger partial charge on any atom is 0.214 e. The van der Waals surface area contributed by atoms with Crippen LogP contribution in [0.3, 0.4) is 0 Å². The van der Waals surface area contributed by atoms with Crippen molar-refractivity contribution in [1.82, 2.24) is 4.98 Å². The molecule has 4 rings (SSSR count). The standard InChI is InChI=1S/C19H18ClN3O/c20-14-6-7-17-13(11-14)5-8-19(22-17)24-15-9-10-23(12-15)18-4-2-1-3-16(18)21/h1-8,11,15H,9-10,12,21H2/t15-/m0/s1. The van der Waals surface area contributed by atoms with E-state index in [4.69, 9.17) is 22.1 Å². The number of hydrogen-bond donors (Lipinski definition) is 1. The molecule has 0 bridgehead atoms. The van der Waals surface area contributed by atoms with Crippen LogP contribution in [0.4, 0.5) is 11.4 Å². The average molecular weight is 340 g/mol. The van der Waals surface area contributed by atoms with Crippen LogP contribution in [-0.4, -0.2) is 24.2 Å². The zero-order valence-electron chi connectivity index (χ0n) is 13.2. The van der Waals surface area contributed by atoms with E-state index in [1.54, 1.807) is 0 Å². The number of anilines is 2. The van der Waals surface area contributed by atoms with Crippen LogP contribution in [0, 0.1) is 0 Å². The van der Waals surface area contributed by atoms with Crippen LogP contribution in [0.2, 0.25) is 5.02 Å². The van der Waals surface area contributed by atoms with Crippen LogP contribution in [-0.2, 0) is 0 Å². The highest BCUT2D eigenvalue weighted by Gasteiger charge is 2.25. The number of nitrogens with zero attached hydrogens (tertiary/aromatic N) is 2. The van der Waals surface area contributed by atoms with Crippen LogP contribution in [0.5, 0.6) is 5.88 Å². The largest absolute Gasteiger partial charge is 0.472 e. The molecule has 0 amide bonds. The molecule has 2 heterocycles. The average Bonchev–Trinajstić information content (AvgIpc) is 3.04. The van der Waals surface area contributed by atoms with Gasteiger partial charge >= 0.3 is 0 Å². The summed E-state index contributed by atoms with van der Waals surface area (Å²) in [5.41, 5.74) is 8.83. The van der Waals surface area contributed by atoms with Crippen LogP contribution >= 0.6 is 11.6 Å². The molecule has 0 saturated carbocycles. The molecule has 1 aliphatic rings. The van der Waals surface area contributed by atoms with Gasteiger partial charge in [0, 0.05) is 29.4 Å². The van der Waals surface area contributed by atoms with Crippen molar-refractivity contribution in [3.63, 3.8) is 0 Å². The molecular formula is C19H18ClN3O. The summed E-state index contributed by atoms with van der Waals surface area (Å²) >= 11 is 6.01. The second kappa shape index (κ2) is 6.21. The predicted molar refractivity (Wildman–Crippen MR) is 98.9 cm³/mol. The molecule has 0 radical (unpaired) electrons. The molecule has 1 atom stereocenters. The Labute approximate surface area is 145 Å². The molecule has 122 valence electrons. The Balaban J connectivity index is 1.48. The Kier molecular flexibility index (Phi) is 3.90. The molecule has 1 fully saturated rings. The fraction of sp³-hybridized carbons (Fsp3) is 0.211. The van der Waals surface area contributed by atoms with Gasteiger partial charge in [0.05, 0.1) is 23.4 Å². The van der Waals surface area contributed by atoms with E-state index in [0.717, 1.165) is 41.8 Å². The van der Waals surface area contributed by atoms with Crippen LogP contribution < -0.4 is 15.4 Å². The fourth-order valence-corrected chi connectivity index (χ4v) is 3.31. The predicted octanol–water partition coefficient (Wildman–Crippen LogP) is 4.13. The number of benzene rings is 2. The minimum absolute atomic E-state index is 0.113. The van der Waals surface area contributed by atoms with Crippen LogP contribution in [0.1, 0.15) is 6.42 Å². The molecule has 0 unspecified atom stereocenters. The summed E-state index contributed by atoms with van der Waals surface area (Å²) in [6.07, 6.45) is 1.07. The summed E-state index contributed by atoms with van der Waals surface area (Å²) in [6, 6.07) is 17.5. The fourth-order valence-electron chi connectivity index (χ4n) is 3.13. The first-order valence-electron chi connectivity index (χ1n) is 8.01. The maximum absolute atomic E-state index is 6.08. The zero-order chi connectivity index (χ0) is 16.5. The first-order chi connectivity index (χ1) is 11.7. The lowest BCUT2D eigenvalue weighted by molar-refractivity contribution is 0.216.